The zero-order valence-electron chi connectivity index (χ0n) is 12.2. The molecule has 1 aromatic rings. The maximum Gasteiger partial charge on any atom is 0.322 e. The topological polar surface area (TPSA) is 109 Å². The molecule has 1 amide bonds. The molecule has 1 fully saturated rings. The molecule has 8 nitrogen and oxygen atoms in total. The predicted molar refractivity (Wildman–Crippen MR) is 73.8 cm³/mol. The first kappa shape index (κ1) is 15.4. The number of nitrogens with one attached hydrogen (secondary N) is 1. The summed E-state index contributed by atoms with van der Waals surface area (Å²) in [5.74, 6) is -0.785. The standard InChI is InChI=1S/C13H20N4O4/c1-3-17(6-8(2)12(19)20)7-10(18)14-13-16-15-11(21-13)9-4-5-9/h8-9H,3-7H2,1-2H3,(H,19,20)(H,14,16,18). The normalized spacial score (nSPS) is 16.0. The number of carboxylic acids is 1. The lowest BCUT2D eigenvalue weighted by atomic mass is 10.1. The van der Waals surface area contributed by atoms with E-state index in [-0.39, 0.29) is 18.5 Å². The zero-order chi connectivity index (χ0) is 15.4. The van der Waals surface area contributed by atoms with Crippen molar-refractivity contribution >= 4 is 17.9 Å². The second-order valence-electron chi connectivity index (χ2n) is 5.33. The third-order valence-corrected chi connectivity index (χ3v) is 3.38. The molecule has 1 aromatic heterocycles. The van der Waals surface area contributed by atoms with Gasteiger partial charge in [0.25, 0.3) is 0 Å². The number of hydrogen-bond donors (Lipinski definition) is 2. The fourth-order valence-corrected chi connectivity index (χ4v) is 1.91. The van der Waals surface area contributed by atoms with Crippen LogP contribution in [0.1, 0.15) is 38.5 Å². The van der Waals surface area contributed by atoms with Crippen LogP contribution < -0.4 is 5.32 Å². The Morgan fingerprint density at radius 3 is 2.76 bits per heavy atom. The number of carboxylic acid groups (broad SMARTS) is 1. The lowest BCUT2D eigenvalue weighted by molar-refractivity contribution is -0.142. The highest BCUT2D eigenvalue weighted by Gasteiger charge is 2.29. The van der Waals surface area contributed by atoms with Gasteiger partial charge in [0.15, 0.2) is 0 Å². The van der Waals surface area contributed by atoms with Gasteiger partial charge < -0.3 is 9.52 Å². The van der Waals surface area contributed by atoms with E-state index in [0.29, 0.717) is 24.9 Å². The van der Waals surface area contributed by atoms with Gasteiger partial charge in [-0.2, -0.15) is 0 Å². The highest BCUT2D eigenvalue weighted by atomic mass is 16.4. The number of likely N-dealkylation sites (N-methyl/N-ethyl adjacent to an activating group) is 1. The molecule has 2 N–H and O–H groups in total. The van der Waals surface area contributed by atoms with Crippen LogP contribution in [0.25, 0.3) is 0 Å². The van der Waals surface area contributed by atoms with Crippen molar-refractivity contribution in [1.29, 1.82) is 0 Å². The lowest BCUT2D eigenvalue weighted by Crippen LogP contribution is -2.37. The van der Waals surface area contributed by atoms with Crippen molar-refractivity contribution in [1.82, 2.24) is 15.1 Å². The Kier molecular flexibility index (Phi) is 4.89. The van der Waals surface area contributed by atoms with Gasteiger partial charge in [-0.25, -0.2) is 0 Å². The third kappa shape index (κ3) is 4.52. The van der Waals surface area contributed by atoms with Crippen LogP contribution in [0.4, 0.5) is 6.01 Å². The number of aliphatic carboxylic acids is 1. The minimum Gasteiger partial charge on any atom is -0.481 e. The van der Waals surface area contributed by atoms with E-state index in [0.717, 1.165) is 12.8 Å². The van der Waals surface area contributed by atoms with Crippen LogP contribution in [-0.4, -0.2) is 51.7 Å². The van der Waals surface area contributed by atoms with E-state index in [1.54, 1.807) is 11.8 Å². The lowest BCUT2D eigenvalue weighted by Gasteiger charge is -2.21. The molecule has 21 heavy (non-hydrogen) atoms. The Morgan fingerprint density at radius 1 is 1.48 bits per heavy atom. The molecule has 0 aliphatic heterocycles. The molecule has 1 saturated carbocycles. The van der Waals surface area contributed by atoms with E-state index in [2.05, 4.69) is 15.5 Å². The fraction of sp³-hybridized carbons (Fsp3) is 0.692. The summed E-state index contributed by atoms with van der Waals surface area (Å²) >= 11 is 0. The Bertz CT molecular complexity index is 512. The van der Waals surface area contributed by atoms with Crippen LogP contribution in [0.5, 0.6) is 0 Å². The molecule has 0 aromatic carbocycles. The quantitative estimate of drug-likeness (QED) is 0.734. The number of anilines is 1. The molecular weight excluding hydrogens is 276 g/mol. The molecule has 1 unspecified atom stereocenters. The van der Waals surface area contributed by atoms with E-state index >= 15 is 0 Å². The maximum absolute atomic E-state index is 11.9. The van der Waals surface area contributed by atoms with Gasteiger partial charge in [0.1, 0.15) is 0 Å². The number of rotatable bonds is 8. The highest BCUT2D eigenvalue weighted by Crippen LogP contribution is 2.39. The molecule has 0 spiro atoms. The first-order chi connectivity index (χ1) is 9.99. The average Bonchev–Trinajstić information content (AvgIpc) is 3.18. The van der Waals surface area contributed by atoms with Crippen LogP contribution in [-0.2, 0) is 9.59 Å². The van der Waals surface area contributed by atoms with Crippen LogP contribution >= 0.6 is 0 Å². The molecule has 8 heteroatoms. The first-order valence-electron chi connectivity index (χ1n) is 7.08. The van der Waals surface area contributed by atoms with Crippen LogP contribution in [0.15, 0.2) is 4.42 Å². The minimum atomic E-state index is -0.875. The Hall–Kier alpha value is -1.96. The van der Waals surface area contributed by atoms with Crippen molar-refractivity contribution in [3.05, 3.63) is 5.89 Å². The number of carbonyl (C=O) groups is 2. The average molecular weight is 296 g/mol. The Morgan fingerprint density at radius 2 is 2.19 bits per heavy atom. The van der Waals surface area contributed by atoms with Crippen LogP contribution in [0, 0.1) is 5.92 Å². The van der Waals surface area contributed by atoms with E-state index in [9.17, 15) is 9.59 Å². The number of amides is 1. The second-order valence-corrected chi connectivity index (χ2v) is 5.33. The number of hydrogen-bond acceptors (Lipinski definition) is 6. The summed E-state index contributed by atoms with van der Waals surface area (Å²) in [5, 5.41) is 19.1. The summed E-state index contributed by atoms with van der Waals surface area (Å²) in [6, 6.07) is 0.101. The molecule has 1 atom stereocenters. The van der Waals surface area contributed by atoms with Gasteiger partial charge in [-0.15, -0.1) is 5.10 Å². The molecule has 116 valence electrons. The van der Waals surface area contributed by atoms with Gasteiger partial charge in [0, 0.05) is 12.5 Å². The molecule has 0 bridgehead atoms. The van der Waals surface area contributed by atoms with Gasteiger partial charge in [-0.3, -0.25) is 19.8 Å². The molecule has 1 aliphatic rings. The zero-order valence-corrected chi connectivity index (χ0v) is 12.2. The molecule has 0 saturated heterocycles. The second kappa shape index (κ2) is 6.66. The highest BCUT2D eigenvalue weighted by molar-refractivity contribution is 5.90. The molecule has 1 aliphatic carbocycles. The largest absolute Gasteiger partial charge is 0.481 e. The number of nitrogens with zero attached hydrogens (tertiary/aromatic N) is 3. The molecular formula is C13H20N4O4. The Labute approximate surface area is 122 Å². The summed E-state index contributed by atoms with van der Waals surface area (Å²) in [7, 11) is 0. The third-order valence-electron chi connectivity index (χ3n) is 3.38. The number of aromatic nitrogens is 2. The maximum atomic E-state index is 11.9. The monoisotopic (exact) mass is 296 g/mol. The van der Waals surface area contributed by atoms with Crippen molar-refractivity contribution in [2.24, 2.45) is 5.92 Å². The SMILES string of the molecule is CCN(CC(=O)Nc1nnc(C2CC2)o1)CC(C)C(=O)O. The van der Waals surface area contributed by atoms with Crippen molar-refractivity contribution in [2.75, 3.05) is 25.0 Å². The molecule has 2 rings (SSSR count). The van der Waals surface area contributed by atoms with Crippen molar-refractivity contribution in [3.63, 3.8) is 0 Å². The predicted octanol–water partition coefficient (Wildman–Crippen LogP) is 0.928. The van der Waals surface area contributed by atoms with Gasteiger partial charge in [-0.1, -0.05) is 18.9 Å². The summed E-state index contributed by atoms with van der Waals surface area (Å²) in [6.07, 6.45) is 2.10. The van der Waals surface area contributed by atoms with Gasteiger partial charge in [-0.05, 0) is 19.4 Å². The smallest absolute Gasteiger partial charge is 0.322 e. The van der Waals surface area contributed by atoms with E-state index in [1.165, 1.54) is 0 Å². The summed E-state index contributed by atoms with van der Waals surface area (Å²) in [4.78, 5) is 24.5. The first-order valence-corrected chi connectivity index (χ1v) is 7.08. The van der Waals surface area contributed by atoms with Gasteiger partial charge in [0.2, 0.25) is 11.8 Å². The van der Waals surface area contributed by atoms with Gasteiger partial charge in [0.05, 0.1) is 12.5 Å². The van der Waals surface area contributed by atoms with Crippen LogP contribution in [0.3, 0.4) is 0 Å². The Balaban J connectivity index is 1.82. The summed E-state index contributed by atoms with van der Waals surface area (Å²) < 4.78 is 5.35. The molecule has 1 heterocycles. The minimum absolute atomic E-state index is 0.0925. The molecule has 0 radical (unpaired) electrons. The van der Waals surface area contributed by atoms with Gasteiger partial charge >= 0.3 is 12.0 Å². The van der Waals surface area contributed by atoms with Crippen molar-refractivity contribution < 1.29 is 19.1 Å². The van der Waals surface area contributed by atoms with E-state index in [1.807, 2.05) is 6.92 Å². The summed E-state index contributed by atoms with van der Waals surface area (Å²) in [6.45, 7) is 4.48. The van der Waals surface area contributed by atoms with E-state index < -0.39 is 11.9 Å². The fourth-order valence-electron chi connectivity index (χ4n) is 1.91. The van der Waals surface area contributed by atoms with E-state index in [4.69, 9.17) is 9.52 Å². The summed E-state index contributed by atoms with van der Waals surface area (Å²) in [5.41, 5.74) is 0. The van der Waals surface area contributed by atoms with Crippen molar-refractivity contribution in [3.8, 4) is 0 Å². The number of carbonyl (C=O) groups excluding carboxylic acids is 1. The van der Waals surface area contributed by atoms with Crippen LogP contribution in [0.2, 0.25) is 0 Å². The van der Waals surface area contributed by atoms with Crippen molar-refractivity contribution in [2.45, 2.75) is 32.6 Å².